The molecule has 6 nitrogen and oxygen atoms in total. The number of hydrogen-bond acceptors (Lipinski definition) is 5. The quantitative estimate of drug-likeness (QED) is 0.697. The van der Waals surface area contributed by atoms with Crippen LogP contribution in [0.1, 0.15) is 36.8 Å². The number of nitrogens with one attached hydrogen (secondary N) is 1. The summed E-state index contributed by atoms with van der Waals surface area (Å²) in [7, 11) is 0. The van der Waals surface area contributed by atoms with E-state index in [1.807, 2.05) is 31.2 Å². The third kappa shape index (κ3) is 4.68. The highest BCUT2D eigenvalue weighted by Gasteiger charge is 2.30. The summed E-state index contributed by atoms with van der Waals surface area (Å²) in [6.45, 7) is 3.02. The fourth-order valence-corrected chi connectivity index (χ4v) is 3.68. The number of halogens is 1. The van der Waals surface area contributed by atoms with Crippen molar-refractivity contribution in [3.8, 4) is 11.4 Å². The summed E-state index contributed by atoms with van der Waals surface area (Å²) < 4.78 is 19.0. The molecule has 1 saturated heterocycles. The predicted molar refractivity (Wildman–Crippen MR) is 108 cm³/mol. The van der Waals surface area contributed by atoms with Crippen LogP contribution >= 0.6 is 0 Å². The first-order valence-electron chi connectivity index (χ1n) is 9.78. The van der Waals surface area contributed by atoms with E-state index in [4.69, 9.17) is 4.52 Å². The number of aryl methyl sites for hydroxylation is 1. The van der Waals surface area contributed by atoms with Crippen molar-refractivity contribution in [1.29, 1.82) is 0 Å². The van der Waals surface area contributed by atoms with Gasteiger partial charge in [0.2, 0.25) is 17.6 Å². The fraction of sp³-hybridized carbons (Fsp3) is 0.318. The number of benzene rings is 2. The van der Waals surface area contributed by atoms with Crippen molar-refractivity contribution in [3.63, 3.8) is 0 Å². The average Bonchev–Trinajstić information content (AvgIpc) is 3.18. The molecule has 1 N–H and O–H groups in total. The minimum absolute atomic E-state index is 0.0765. The van der Waals surface area contributed by atoms with E-state index in [-0.39, 0.29) is 24.3 Å². The van der Waals surface area contributed by atoms with Crippen molar-refractivity contribution in [1.82, 2.24) is 15.0 Å². The molecule has 7 heteroatoms. The monoisotopic (exact) mass is 394 g/mol. The van der Waals surface area contributed by atoms with Crippen molar-refractivity contribution in [2.75, 3.05) is 18.4 Å². The molecule has 1 atom stereocenters. The Morgan fingerprint density at radius 2 is 2.10 bits per heavy atom. The third-order valence-corrected chi connectivity index (χ3v) is 5.07. The smallest absolute Gasteiger partial charge is 0.244 e. The van der Waals surface area contributed by atoms with Crippen molar-refractivity contribution >= 4 is 11.6 Å². The zero-order chi connectivity index (χ0) is 20.2. The van der Waals surface area contributed by atoms with Gasteiger partial charge in [-0.25, -0.2) is 4.39 Å². The van der Waals surface area contributed by atoms with Crippen LogP contribution in [0.25, 0.3) is 11.4 Å². The number of nitrogens with zero attached hydrogens (tertiary/aromatic N) is 3. The second-order valence-electron chi connectivity index (χ2n) is 7.37. The summed E-state index contributed by atoms with van der Waals surface area (Å²) in [6.07, 6.45) is 2.87. The molecule has 4 rings (SSSR count). The third-order valence-electron chi connectivity index (χ3n) is 5.07. The average molecular weight is 394 g/mol. The van der Waals surface area contributed by atoms with Gasteiger partial charge in [0, 0.05) is 11.3 Å². The minimum Gasteiger partial charge on any atom is -0.337 e. The van der Waals surface area contributed by atoms with Crippen LogP contribution < -0.4 is 5.32 Å². The first kappa shape index (κ1) is 19.3. The van der Waals surface area contributed by atoms with Crippen LogP contribution in [0, 0.1) is 12.7 Å². The lowest BCUT2D eigenvalue weighted by Crippen LogP contribution is -2.39. The summed E-state index contributed by atoms with van der Waals surface area (Å²) in [5.74, 6) is 0.398. The SMILES string of the molecule is Cc1cccc(NC(=O)CN2CCCC[C@H]2c2nc(-c3cccc(F)c3)no2)c1. The summed E-state index contributed by atoms with van der Waals surface area (Å²) in [5, 5.41) is 6.96. The van der Waals surface area contributed by atoms with Crippen LogP contribution in [0.3, 0.4) is 0 Å². The van der Waals surface area contributed by atoms with Gasteiger partial charge in [0.1, 0.15) is 5.82 Å². The van der Waals surface area contributed by atoms with E-state index in [2.05, 4.69) is 20.4 Å². The van der Waals surface area contributed by atoms with Crippen molar-refractivity contribution in [2.24, 2.45) is 0 Å². The lowest BCUT2D eigenvalue weighted by Gasteiger charge is -2.32. The summed E-state index contributed by atoms with van der Waals surface area (Å²) in [6, 6.07) is 13.7. The van der Waals surface area contributed by atoms with Gasteiger partial charge in [-0.3, -0.25) is 9.69 Å². The summed E-state index contributed by atoms with van der Waals surface area (Å²) in [5.41, 5.74) is 2.45. The van der Waals surface area contributed by atoms with E-state index in [9.17, 15) is 9.18 Å². The number of carbonyl (C=O) groups excluding carboxylic acids is 1. The number of rotatable bonds is 5. The molecule has 1 aliphatic heterocycles. The van der Waals surface area contributed by atoms with Gasteiger partial charge in [0.25, 0.3) is 0 Å². The van der Waals surface area contributed by atoms with Gasteiger partial charge in [0.15, 0.2) is 0 Å². The lowest BCUT2D eigenvalue weighted by atomic mass is 10.0. The Balaban J connectivity index is 1.47. The molecule has 0 bridgehead atoms. The van der Waals surface area contributed by atoms with E-state index >= 15 is 0 Å². The van der Waals surface area contributed by atoms with Crippen LogP contribution in [0.4, 0.5) is 10.1 Å². The normalized spacial score (nSPS) is 17.2. The number of piperidine rings is 1. The molecule has 1 amide bonds. The molecule has 0 unspecified atom stereocenters. The van der Waals surface area contributed by atoms with E-state index in [1.165, 1.54) is 12.1 Å². The molecule has 2 heterocycles. The maximum absolute atomic E-state index is 13.5. The summed E-state index contributed by atoms with van der Waals surface area (Å²) >= 11 is 0. The number of carbonyl (C=O) groups is 1. The minimum atomic E-state index is -0.346. The first-order valence-corrected chi connectivity index (χ1v) is 9.78. The molecule has 1 aromatic heterocycles. The zero-order valence-corrected chi connectivity index (χ0v) is 16.3. The maximum Gasteiger partial charge on any atom is 0.244 e. The maximum atomic E-state index is 13.5. The molecule has 0 spiro atoms. The number of likely N-dealkylation sites (tertiary alicyclic amines) is 1. The largest absolute Gasteiger partial charge is 0.337 e. The highest BCUT2D eigenvalue weighted by atomic mass is 19.1. The molecule has 0 aliphatic carbocycles. The number of amides is 1. The van der Waals surface area contributed by atoms with Gasteiger partial charge < -0.3 is 9.84 Å². The number of anilines is 1. The molecule has 29 heavy (non-hydrogen) atoms. The van der Waals surface area contributed by atoms with E-state index < -0.39 is 0 Å². The zero-order valence-electron chi connectivity index (χ0n) is 16.3. The van der Waals surface area contributed by atoms with Crippen molar-refractivity contribution < 1.29 is 13.7 Å². The van der Waals surface area contributed by atoms with Gasteiger partial charge in [0.05, 0.1) is 12.6 Å². The highest BCUT2D eigenvalue weighted by molar-refractivity contribution is 5.92. The molecular formula is C22H23FN4O2. The lowest BCUT2D eigenvalue weighted by molar-refractivity contribution is -0.118. The van der Waals surface area contributed by atoms with E-state index in [1.54, 1.807) is 12.1 Å². The van der Waals surface area contributed by atoms with Crippen molar-refractivity contribution in [2.45, 2.75) is 32.2 Å². The number of aromatic nitrogens is 2. The van der Waals surface area contributed by atoms with Gasteiger partial charge in [-0.1, -0.05) is 35.8 Å². The Kier molecular flexibility index (Phi) is 5.67. The molecule has 3 aromatic rings. The van der Waals surface area contributed by atoms with Crippen LogP contribution in [0.5, 0.6) is 0 Å². The highest BCUT2D eigenvalue weighted by Crippen LogP contribution is 2.31. The van der Waals surface area contributed by atoms with Crippen LogP contribution in [0.2, 0.25) is 0 Å². The molecule has 1 fully saturated rings. The molecule has 0 saturated carbocycles. The second-order valence-corrected chi connectivity index (χ2v) is 7.37. The Morgan fingerprint density at radius 1 is 1.24 bits per heavy atom. The Hall–Kier alpha value is -3.06. The standard InChI is InChI=1S/C22H23FN4O2/c1-15-6-4-9-18(12-15)24-20(28)14-27-11-3-2-10-19(27)22-25-21(26-29-22)16-7-5-8-17(23)13-16/h4-9,12-13,19H,2-3,10-11,14H2,1H3,(H,24,28)/t19-/m0/s1. The van der Waals surface area contributed by atoms with Gasteiger partial charge >= 0.3 is 0 Å². The first-order chi connectivity index (χ1) is 14.1. The predicted octanol–water partition coefficient (Wildman–Crippen LogP) is 4.35. The summed E-state index contributed by atoms with van der Waals surface area (Å²) in [4.78, 5) is 19.1. The van der Waals surface area contributed by atoms with Crippen LogP contribution in [0.15, 0.2) is 53.1 Å². The van der Waals surface area contributed by atoms with Crippen molar-refractivity contribution in [3.05, 3.63) is 65.8 Å². The molecular weight excluding hydrogens is 371 g/mol. The Labute approximate surface area is 168 Å². The molecule has 0 radical (unpaired) electrons. The van der Waals surface area contributed by atoms with Gasteiger partial charge in [-0.05, 0) is 56.1 Å². The Morgan fingerprint density at radius 3 is 2.93 bits per heavy atom. The fourth-order valence-electron chi connectivity index (χ4n) is 3.68. The van der Waals surface area contributed by atoms with E-state index in [0.29, 0.717) is 17.3 Å². The number of hydrogen-bond donors (Lipinski definition) is 1. The Bertz CT molecular complexity index is 1000. The van der Waals surface area contributed by atoms with Crippen LogP contribution in [-0.2, 0) is 4.79 Å². The topological polar surface area (TPSA) is 71.3 Å². The van der Waals surface area contributed by atoms with Gasteiger partial charge in [-0.2, -0.15) is 4.98 Å². The molecule has 2 aromatic carbocycles. The van der Waals surface area contributed by atoms with E-state index in [0.717, 1.165) is 37.1 Å². The van der Waals surface area contributed by atoms with Gasteiger partial charge in [-0.15, -0.1) is 0 Å². The second kappa shape index (κ2) is 8.53. The molecule has 1 aliphatic rings. The molecule has 150 valence electrons. The van der Waals surface area contributed by atoms with Crippen LogP contribution in [-0.4, -0.2) is 34.0 Å².